The number of aromatic carboxylic acids is 2. The summed E-state index contributed by atoms with van der Waals surface area (Å²) in [5.74, 6) is -2.09. The molecule has 320 valence electrons. The summed E-state index contributed by atoms with van der Waals surface area (Å²) in [6, 6.07) is 50.1. The minimum absolute atomic E-state index is 0.0662. The zero-order valence-electron chi connectivity index (χ0n) is 34.1. The predicted molar refractivity (Wildman–Crippen MR) is 244 cm³/mol. The summed E-state index contributed by atoms with van der Waals surface area (Å²) >= 11 is 0. The highest BCUT2D eigenvalue weighted by atomic mass is 32.2. The number of rotatable bonds is 16. The number of carbonyl (C=O) groups excluding carboxylic acids is 1. The van der Waals surface area contributed by atoms with Crippen molar-refractivity contribution in [2.75, 3.05) is 9.44 Å². The second-order valence-corrected chi connectivity index (χ2v) is 17.9. The smallest absolute Gasteiger partial charge is 0.335 e. The fraction of sp³-hybridized carbons (Fsp3) is 0.100. The molecule has 13 heteroatoms. The van der Waals surface area contributed by atoms with E-state index in [2.05, 4.69) is 9.44 Å². The average molecular weight is 881 g/mol. The predicted octanol–water partition coefficient (Wildman–Crippen LogP) is 9.81. The first-order valence-electron chi connectivity index (χ1n) is 19.8. The molecule has 7 aromatic rings. The topological polar surface area (TPSA) is 184 Å². The summed E-state index contributed by atoms with van der Waals surface area (Å²) in [7, 11) is -7.58. The number of carbonyl (C=O) groups is 3. The lowest BCUT2D eigenvalue weighted by molar-refractivity contribution is 0.0686. The highest BCUT2D eigenvalue weighted by molar-refractivity contribution is 7.93. The molecule has 7 rings (SSSR count). The molecule has 0 aliphatic rings. The third kappa shape index (κ3) is 12.4. The SMILES string of the molecule is CC(=O)c1ccc(S(=O)(=O)Nc2ccccc2CCc2cccc(C(=O)O)c2)cc1.O=C(O)c1cccc(CCc2ccccc2NS(=O)(=O)c2ccc(-c3ccccc3)cc2)c1. The molecule has 0 saturated heterocycles. The fourth-order valence-corrected chi connectivity index (χ4v) is 8.89. The van der Waals surface area contributed by atoms with E-state index >= 15 is 0 Å². The lowest BCUT2D eigenvalue weighted by Crippen LogP contribution is -2.14. The largest absolute Gasteiger partial charge is 0.478 e. The van der Waals surface area contributed by atoms with Crippen molar-refractivity contribution in [2.24, 2.45) is 0 Å². The molecule has 4 N–H and O–H groups in total. The van der Waals surface area contributed by atoms with Crippen LogP contribution in [0.5, 0.6) is 0 Å². The minimum Gasteiger partial charge on any atom is -0.478 e. The second-order valence-electron chi connectivity index (χ2n) is 14.5. The number of anilines is 2. The summed E-state index contributed by atoms with van der Waals surface area (Å²) in [5, 5.41) is 18.3. The van der Waals surface area contributed by atoms with Crippen molar-refractivity contribution in [2.45, 2.75) is 42.4 Å². The quantitative estimate of drug-likeness (QED) is 0.0686. The summed E-state index contributed by atoms with van der Waals surface area (Å²) in [5.41, 5.74) is 7.20. The van der Waals surface area contributed by atoms with E-state index < -0.39 is 32.0 Å². The molecule has 7 aromatic carbocycles. The van der Waals surface area contributed by atoms with Gasteiger partial charge in [-0.1, -0.05) is 115 Å². The molecule has 0 atom stereocenters. The van der Waals surface area contributed by atoms with Gasteiger partial charge in [0, 0.05) is 5.56 Å². The molecule has 63 heavy (non-hydrogen) atoms. The van der Waals surface area contributed by atoms with Crippen LogP contribution in [0.4, 0.5) is 11.4 Å². The Balaban J connectivity index is 0.000000211. The van der Waals surface area contributed by atoms with E-state index in [1.165, 1.54) is 37.3 Å². The van der Waals surface area contributed by atoms with E-state index in [-0.39, 0.29) is 26.7 Å². The van der Waals surface area contributed by atoms with Crippen molar-refractivity contribution < 1.29 is 41.4 Å². The van der Waals surface area contributed by atoms with Gasteiger partial charge in [-0.05, 0) is 127 Å². The van der Waals surface area contributed by atoms with E-state index in [0.717, 1.165) is 33.4 Å². The van der Waals surface area contributed by atoms with Gasteiger partial charge in [-0.2, -0.15) is 0 Å². The maximum absolute atomic E-state index is 13.0. The molecule has 0 amide bonds. The first-order valence-corrected chi connectivity index (χ1v) is 22.8. The van der Waals surface area contributed by atoms with Gasteiger partial charge in [0.05, 0.1) is 32.3 Å². The highest BCUT2D eigenvalue weighted by Crippen LogP contribution is 2.26. The van der Waals surface area contributed by atoms with Gasteiger partial charge in [0.25, 0.3) is 20.0 Å². The first kappa shape index (κ1) is 45.2. The van der Waals surface area contributed by atoms with E-state index in [4.69, 9.17) is 5.11 Å². The summed E-state index contributed by atoms with van der Waals surface area (Å²) in [4.78, 5) is 34.0. The normalized spacial score (nSPS) is 11.1. The van der Waals surface area contributed by atoms with Crippen LogP contribution in [0.25, 0.3) is 11.1 Å². The van der Waals surface area contributed by atoms with E-state index in [0.29, 0.717) is 42.6 Å². The first-order chi connectivity index (χ1) is 30.2. The molecule has 0 heterocycles. The van der Waals surface area contributed by atoms with E-state index in [1.54, 1.807) is 78.9 Å². The molecular formula is C50H44N2O9S2. The van der Waals surface area contributed by atoms with Crippen molar-refractivity contribution in [1.82, 2.24) is 0 Å². The van der Waals surface area contributed by atoms with Crippen LogP contribution >= 0.6 is 0 Å². The molecule has 0 aromatic heterocycles. The molecule has 0 spiro atoms. The van der Waals surface area contributed by atoms with Gasteiger partial charge in [-0.25, -0.2) is 26.4 Å². The molecule has 0 aliphatic carbocycles. The Bertz CT molecular complexity index is 2950. The fourth-order valence-electron chi connectivity index (χ4n) is 6.69. The van der Waals surface area contributed by atoms with Gasteiger partial charge in [0.1, 0.15) is 0 Å². The van der Waals surface area contributed by atoms with Crippen molar-refractivity contribution in [3.8, 4) is 11.1 Å². The number of ketones is 1. The highest BCUT2D eigenvalue weighted by Gasteiger charge is 2.18. The summed E-state index contributed by atoms with van der Waals surface area (Å²) < 4.78 is 56.9. The second kappa shape index (κ2) is 20.5. The molecule has 0 radical (unpaired) electrons. The Hall–Kier alpha value is -7.35. The van der Waals surface area contributed by atoms with Gasteiger partial charge in [0.15, 0.2) is 5.78 Å². The molecule has 0 saturated carbocycles. The van der Waals surface area contributed by atoms with Crippen molar-refractivity contribution in [3.05, 3.63) is 215 Å². The number of hydrogen-bond acceptors (Lipinski definition) is 7. The van der Waals surface area contributed by atoms with Crippen LogP contribution in [0.3, 0.4) is 0 Å². The number of carboxylic acids is 2. The van der Waals surface area contributed by atoms with E-state index in [9.17, 15) is 36.3 Å². The van der Waals surface area contributed by atoms with Gasteiger partial charge < -0.3 is 10.2 Å². The molecule has 11 nitrogen and oxygen atoms in total. The standard InChI is InChI=1S/C27H23NO4S.C23H21NO5S/c29-27(30)24-11-6-7-20(19-24)13-14-23-10-4-5-12-26(23)28-33(31,32)25-17-15-22(16-18-25)21-8-2-1-3-9-21;1-16(25)18-11-13-21(14-12-18)30(28,29)24-22-8-3-2-6-19(22)10-9-17-5-4-7-20(15-17)23(26)27/h1-12,15-19,28H,13-14H2,(H,29,30);2-8,11-15,24H,9-10H2,1H3,(H,26,27). The summed E-state index contributed by atoms with van der Waals surface area (Å²) in [6.07, 6.45) is 2.25. The number of Topliss-reactive ketones (excluding diaryl/α,β-unsaturated/α-hetero) is 1. The van der Waals surface area contributed by atoms with Crippen LogP contribution in [0.15, 0.2) is 186 Å². The molecular weight excluding hydrogens is 837 g/mol. The molecule has 0 aliphatic heterocycles. The van der Waals surface area contributed by atoms with Crippen LogP contribution < -0.4 is 9.44 Å². The Morgan fingerprint density at radius 3 is 1.25 bits per heavy atom. The number of aryl methyl sites for hydroxylation is 4. The zero-order chi connectivity index (χ0) is 45.0. The monoisotopic (exact) mass is 880 g/mol. The Morgan fingerprint density at radius 1 is 0.429 bits per heavy atom. The van der Waals surface area contributed by atoms with Gasteiger partial charge in [-0.15, -0.1) is 0 Å². The molecule has 0 bridgehead atoms. The Kier molecular flexibility index (Phi) is 14.7. The lowest BCUT2D eigenvalue weighted by atomic mass is 10.0. The average Bonchev–Trinajstić information content (AvgIpc) is 3.29. The molecule has 0 unspecified atom stereocenters. The number of hydrogen-bond donors (Lipinski definition) is 4. The number of benzene rings is 7. The maximum atomic E-state index is 13.0. The van der Waals surface area contributed by atoms with Crippen molar-refractivity contribution in [1.29, 1.82) is 0 Å². The van der Waals surface area contributed by atoms with Crippen molar-refractivity contribution >= 4 is 49.1 Å². The number of sulfonamides is 2. The summed E-state index contributed by atoms with van der Waals surface area (Å²) in [6.45, 7) is 1.42. The number of nitrogens with one attached hydrogen (secondary N) is 2. The third-order valence-corrected chi connectivity index (χ3v) is 12.8. The van der Waals surface area contributed by atoms with E-state index in [1.807, 2.05) is 66.7 Å². The maximum Gasteiger partial charge on any atom is 0.335 e. The van der Waals surface area contributed by atoms with Crippen LogP contribution in [-0.2, 0) is 45.7 Å². The van der Waals surface area contributed by atoms with Crippen LogP contribution in [0.2, 0.25) is 0 Å². The van der Waals surface area contributed by atoms with Gasteiger partial charge in [-0.3, -0.25) is 14.2 Å². The van der Waals surface area contributed by atoms with Crippen LogP contribution in [0, 0.1) is 0 Å². The lowest BCUT2D eigenvalue weighted by Gasteiger charge is -2.13. The number of para-hydroxylation sites is 2. The zero-order valence-corrected chi connectivity index (χ0v) is 35.8. The minimum atomic E-state index is -3.82. The van der Waals surface area contributed by atoms with Crippen LogP contribution in [-0.4, -0.2) is 44.8 Å². The molecule has 0 fully saturated rings. The van der Waals surface area contributed by atoms with Crippen molar-refractivity contribution in [3.63, 3.8) is 0 Å². The third-order valence-electron chi connectivity index (χ3n) is 10.1. The van der Waals surface area contributed by atoms with Crippen LogP contribution in [0.1, 0.15) is 60.3 Å². The Labute approximate surface area is 366 Å². The van der Waals surface area contributed by atoms with Gasteiger partial charge >= 0.3 is 11.9 Å². The number of carboxylic acid groups (broad SMARTS) is 2. The Morgan fingerprint density at radius 2 is 0.825 bits per heavy atom. The van der Waals surface area contributed by atoms with Gasteiger partial charge in [0.2, 0.25) is 0 Å².